The van der Waals surface area contributed by atoms with Crippen LogP contribution in [0.4, 0.5) is 0 Å². The predicted molar refractivity (Wildman–Crippen MR) is 119 cm³/mol. The van der Waals surface area contributed by atoms with Crippen molar-refractivity contribution in [1.29, 1.82) is 0 Å². The summed E-state index contributed by atoms with van der Waals surface area (Å²) in [6.45, 7) is 12.5. The zero-order chi connectivity index (χ0) is 18.7. The van der Waals surface area contributed by atoms with Gasteiger partial charge in [-0.05, 0) is 31.6 Å². The number of guanidine groups is 1. The number of ether oxygens (including phenoxy) is 1. The Morgan fingerprint density at radius 1 is 1.27 bits per heavy atom. The number of nitrogens with zero attached hydrogens (tertiary/aromatic N) is 2. The molecule has 0 radical (unpaired) electrons. The highest BCUT2D eigenvalue weighted by Gasteiger charge is 2.24. The number of likely N-dealkylation sites (tertiary alicyclic amines) is 1. The molecule has 154 valence electrons. The largest absolute Gasteiger partial charge is 0.379 e. The van der Waals surface area contributed by atoms with E-state index in [-0.39, 0.29) is 35.5 Å². The summed E-state index contributed by atoms with van der Waals surface area (Å²) in [6.07, 6.45) is 5.07. The molecule has 0 aromatic heterocycles. The molecule has 0 aromatic carbocycles. The number of carbonyl (C=O) groups excluding carboxylic acids is 1. The number of halogens is 1. The minimum absolute atomic E-state index is 0. The van der Waals surface area contributed by atoms with Crippen molar-refractivity contribution in [1.82, 2.24) is 15.5 Å². The Morgan fingerprint density at radius 3 is 2.62 bits per heavy atom. The summed E-state index contributed by atoms with van der Waals surface area (Å²) in [4.78, 5) is 18.7. The van der Waals surface area contributed by atoms with Crippen LogP contribution in [0.1, 0.15) is 59.8 Å². The third kappa shape index (κ3) is 9.94. The molecule has 1 atom stereocenters. The molecular formula is C19H39IN4O2. The highest BCUT2D eigenvalue weighted by atomic mass is 127. The Morgan fingerprint density at radius 2 is 2.00 bits per heavy atom. The lowest BCUT2D eigenvalue weighted by molar-refractivity contribution is -0.130. The molecule has 6 nitrogen and oxygen atoms in total. The topological polar surface area (TPSA) is 66.0 Å². The molecule has 0 spiro atoms. The van der Waals surface area contributed by atoms with Gasteiger partial charge in [0, 0.05) is 39.7 Å². The molecule has 0 bridgehead atoms. The van der Waals surface area contributed by atoms with E-state index in [2.05, 4.69) is 43.3 Å². The fourth-order valence-corrected chi connectivity index (χ4v) is 2.97. The van der Waals surface area contributed by atoms with Crippen molar-refractivity contribution in [3.8, 4) is 0 Å². The molecule has 1 unspecified atom stereocenters. The second-order valence-electron chi connectivity index (χ2n) is 7.78. The number of methoxy groups -OCH3 is 1. The fraction of sp³-hybridized carbons (Fsp3) is 0.895. The third-order valence-corrected chi connectivity index (χ3v) is 4.58. The first-order chi connectivity index (χ1) is 11.9. The van der Waals surface area contributed by atoms with E-state index >= 15 is 0 Å². The van der Waals surface area contributed by atoms with E-state index in [1.54, 1.807) is 7.11 Å². The molecule has 0 saturated carbocycles. The minimum Gasteiger partial charge on any atom is -0.379 e. The normalized spacial score (nSPS) is 17.3. The summed E-state index contributed by atoms with van der Waals surface area (Å²) >= 11 is 0. The Balaban J connectivity index is 0.00000625. The van der Waals surface area contributed by atoms with Gasteiger partial charge in [-0.25, -0.2) is 0 Å². The van der Waals surface area contributed by atoms with Gasteiger partial charge >= 0.3 is 0 Å². The van der Waals surface area contributed by atoms with Crippen molar-refractivity contribution in [2.45, 2.75) is 65.9 Å². The summed E-state index contributed by atoms with van der Waals surface area (Å²) in [7, 11) is 1.74. The van der Waals surface area contributed by atoms with Gasteiger partial charge in [-0.15, -0.1) is 24.0 Å². The molecule has 1 rings (SSSR count). The lowest BCUT2D eigenvalue weighted by atomic mass is 9.89. The van der Waals surface area contributed by atoms with Gasteiger partial charge in [-0.1, -0.05) is 27.2 Å². The Kier molecular flexibility index (Phi) is 13.3. The third-order valence-electron chi connectivity index (χ3n) is 4.58. The Labute approximate surface area is 176 Å². The van der Waals surface area contributed by atoms with E-state index in [0.29, 0.717) is 18.9 Å². The predicted octanol–water partition coefficient (Wildman–Crippen LogP) is 3.01. The van der Waals surface area contributed by atoms with Crippen molar-refractivity contribution >= 4 is 35.8 Å². The van der Waals surface area contributed by atoms with Crippen LogP contribution in [0, 0.1) is 5.41 Å². The first kappa shape index (κ1) is 25.4. The van der Waals surface area contributed by atoms with Crippen LogP contribution < -0.4 is 10.6 Å². The van der Waals surface area contributed by atoms with Crippen LogP contribution >= 0.6 is 24.0 Å². The summed E-state index contributed by atoms with van der Waals surface area (Å²) in [5, 5.41) is 6.64. The molecule has 1 amide bonds. The molecule has 0 aliphatic carbocycles. The summed E-state index contributed by atoms with van der Waals surface area (Å²) < 4.78 is 5.57. The van der Waals surface area contributed by atoms with Crippen molar-refractivity contribution in [3.05, 3.63) is 0 Å². The van der Waals surface area contributed by atoms with E-state index < -0.39 is 0 Å². The smallest absolute Gasteiger partial charge is 0.222 e. The Bertz CT molecular complexity index is 424. The van der Waals surface area contributed by atoms with E-state index in [0.717, 1.165) is 51.4 Å². The summed E-state index contributed by atoms with van der Waals surface area (Å²) in [5.74, 6) is 1.13. The highest BCUT2D eigenvalue weighted by Crippen LogP contribution is 2.21. The minimum atomic E-state index is 0. The van der Waals surface area contributed by atoms with Crippen molar-refractivity contribution in [2.24, 2.45) is 10.4 Å². The van der Waals surface area contributed by atoms with Crippen LogP contribution in [-0.4, -0.2) is 62.7 Å². The fourth-order valence-electron chi connectivity index (χ4n) is 2.97. The van der Waals surface area contributed by atoms with Crippen LogP contribution in [0.25, 0.3) is 0 Å². The maximum Gasteiger partial charge on any atom is 0.222 e. The number of hydrogen-bond donors (Lipinski definition) is 2. The van der Waals surface area contributed by atoms with Crippen molar-refractivity contribution in [2.75, 3.05) is 39.8 Å². The molecule has 7 heteroatoms. The number of nitrogens with one attached hydrogen (secondary N) is 2. The van der Waals surface area contributed by atoms with E-state index in [1.807, 2.05) is 4.90 Å². The molecule has 1 aliphatic rings. The first-order valence-corrected chi connectivity index (χ1v) is 9.71. The van der Waals surface area contributed by atoms with E-state index in [9.17, 15) is 4.79 Å². The van der Waals surface area contributed by atoms with E-state index in [1.165, 1.54) is 6.42 Å². The van der Waals surface area contributed by atoms with Gasteiger partial charge in [-0.2, -0.15) is 0 Å². The average Bonchev–Trinajstić information content (AvgIpc) is 2.75. The molecule has 26 heavy (non-hydrogen) atoms. The van der Waals surface area contributed by atoms with Crippen LogP contribution in [-0.2, 0) is 9.53 Å². The standard InChI is InChI=1S/C19H38N4O2.HI/c1-6-20-18(22-15-16(25-5)19(2,3)4)21-12-10-14-23-13-9-7-8-11-17(23)24;/h16H,6-15H2,1-5H3,(H2,20,21,22);1H. The Hall–Kier alpha value is -0.570. The molecule has 1 saturated heterocycles. The van der Waals surface area contributed by atoms with Gasteiger partial charge in [0.25, 0.3) is 0 Å². The zero-order valence-electron chi connectivity index (χ0n) is 17.3. The second kappa shape index (κ2) is 13.6. The van der Waals surface area contributed by atoms with Crippen molar-refractivity contribution in [3.63, 3.8) is 0 Å². The summed E-state index contributed by atoms with van der Waals surface area (Å²) in [5.41, 5.74) is 0.0582. The van der Waals surface area contributed by atoms with Crippen LogP contribution in [0.5, 0.6) is 0 Å². The maximum absolute atomic E-state index is 12.0. The summed E-state index contributed by atoms with van der Waals surface area (Å²) in [6, 6.07) is 0. The monoisotopic (exact) mass is 482 g/mol. The molecule has 2 N–H and O–H groups in total. The van der Waals surface area contributed by atoms with Crippen molar-refractivity contribution < 1.29 is 9.53 Å². The van der Waals surface area contributed by atoms with Crippen LogP contribution in [0.2, 0.25) is 0 Å². The zero-order valence-corrected chi connectivity index (χ0v) is 19.6. The first-order valence-electron chi connectivity index (χ1n) is 9.71. The van der Waals surface area contributed by atoms with E-state index in [4.69, 9.17) is 4.74 Å². The number of amides is 1. The molecule has 0 aromatic rings. The quantitative estimate of drug-likeness (QED) is 0.242. The van der Waals surface area contributed by atoms with Gasteiger partial charge in [0.1, 0.15) is 0 Å². The second-order valence-corrected chi connectivity index (χ2v) is 7.78. The van der Waals surface area contributed by atoms with Crippen LogP contribution in [0.15, 0.2) is 4.99 Å². The van der Waals surface area contributed by atoms with Crippen LogP contribution in [0.3, 0.4) is 0 Å². The van der Waals surface area contributed by atoms with Gasteiger partial charge in [0.05, 0.1) is 12.6 Å². The molecule has 1 fully saturated rings. The maximum atomic E-state index is 12.0. The molecule has 1 heterocycles. The van der Waals surface area contributed by atoms with Gasteiger partial charge in [-0.3, -0.25) is 9.79 Å². The highest BCUT2D eigenvalue weighted by molar-refractivity contribution is 14.0. The van der Waals surface area contributed by atoms with Gasteiger partial charge in [0.2, 0.25) is 5.91 Å². The number of aliphatic imine (C=N–C) groups is 1. The SMILES string of the molecule is CCNC(=NCC(OC)C(C)(C)C)NCCCN1CCCCCC1=O.I. The average molecular weight is 482 g/mol. The molecule has 1 aliphatic heterocycles. The van der Waals surface area contributed by atoms with Gasteiger partial charge in [0.15, 0.2) is 5.96 Å². The number of rotatable bonds is 8. The number of carbonyl (C=O) groups is 1. The number of hydrogen-bond acceptors (Lipinski definition) is 3. The lowest BCUT2D eigenvalue weighted by Crippen LogP contribution is -2.41. The molecular weight excluding hydrogens is 443 g/mol. The lowest BCUT2D eigenvalue weighted by Gasteiger charge is -2.28. The van der Waals surface area contributed by atoms with Gasteiger partial charge < -0.3 is 20.3 Å².